The van der Waals surface area contributed by atoms with Crippen LogP contribution >= 0.6 is 0 Å². The van der Waals surface area contributed by atoms with Crippen LogP contribution in [0.2, 0.25) is 0 Å². The lowest BCUT2D eigenvalue weighted by Crippen LogP contribution is -2.40. The molecule has 61 heavy (non-hydrogen) atoms. The molecule has 0 spiro atoms. The van der Waals surface area contributed by atoms with Crippen molar-refractivity contribution in [2.45, 2.75) is 165 Å². The first-order valence-electron chi connectivity index (χ1n) is 24.4. The van der Waals surface area contributed by atoms with Gasteiger partial charge in [-0.3, -0.25) is 0 Å². The summed E-state index contributed by atoms with van der Waals surface area (Å²) >= 11 is 0. The third-order valence-corrected chi connectivity index (χ3v) is 13.6. The molecule has 5 unspecified atom stereocenters. The summed E-state index contributed by atoms with van der Waals surface area (Å²) in [6, 6.07) is 38.9. The molecule has 2 nitrogen and oxygen atoms in total. The highest BCUT2D eigenvalue weighted by atomic mass is 15.2. The molecular weight excluding hydrogens is 737 g/mol. The Morgan fingerprint density at radius 3 is 1.57 bits per heavy atom. The number of hydrogen-bond acceptors (Lipinski definition) is 2. The van der Waals surface area contributed by atoms with E-state index >= 15 is 0 Å². The highest BCUT2D eigenvalue weighted by Gasteiger charge is 2.39. The summed E-state index contributed by atoms with van der Waals surface area (Å²) in [5.41, 5.74) is 20.9. The van der Waals surface area contributed by atoms with Crippen LogP contribution in [-0.2, 0) is 19.3 Å². The minimum Gasteiger partial charge on any atom is -0.334 e. The van der Waals surface area contributed by atoms with E-state index in [-0.39, 0.29) is 0 Å². The van der Waals surface area contributed by atoms with E-state index in [9.17, 15) is 0 Å². The molecule has 0 heterocycles. The van der Waals surface area contributed by atoms with Crippen molar-refractivity contribution in [2.24, 2.45) is 11.8 Å². The Bertz CT molecular complexity index is 2200. The van der Waals surface area contributed by atoms with Crippen molar-refractivity contribution in [2.75, 3.05) is 9.80 Å². The molecule has 5 aromatic carbocycles. The van der Waals surface area contributed by atoms with Gasteiger partial charge in [0.05, 0.1) is 11.7 Å². The van der Waals surface area contributed by atoms with E-state index in [1.807, 2.05) is 13.8 Å². The van der Waals surface area contributed by atoms with E-state index in [1.54, 1.807) is 5.56 Å². The first kappa shape index (κ1) is 46.0. The lowest BCUT2D eigenvalue weighted by atomic mass is 9.72. The van der Waals surface area contributed by atoms with Gasteiger partial charge in [-0.2, -0.15) is 0 Å². The third kappa shape index (κ3) is 9.75. The minimum absolute atomic E-state index is 0.347. The molecule has 0 radical (unpaired) electrons. The Balaban J connectivity index is 0.00000119. The SMILES string of the molecule is CC.CCC.CCCCc1cc(C)c(N(c2ccc(CC)cc2)c2ccc3c(c2)C2CCCC2c2cc(N(c4ccc(CC)cc4)C4C(C)=CC(C)CC4C)ccc2-3)c(C)c1. The summed E-state index contributed by atoms with van der Waals surface area (Å²) < 4.78 is 0. The number of hydrogen-bond donors (Lipinski definition) is 0. The lowest BCUT2D eigenvalue weighted by molar-refractivity contribution is 0.387. The maximum atomic E-state index is 2.69. The summed E-state index contributed by atoms with van der Waals surface area (Å²) in [6.45, 7) is 26.9. The molecule has 324 valence electrons. The Morgan fingerprint density at radius 2 is 1.07 bits per heavy atom. The largest absolute Gasteiger partial charge is 0.334 e. The van der Waals surface area contributed by atoms with E-state index < -0.39 is 0 Å². The van der Waals surface area contributed by atoms with Crippen molar-refractivity contribution >= 4 is 28.4 Å². The van der Waals surface area contributed by atoms with E-state index in [0.717, 1.165) is 19.3 Å². The molecule has 1 saturated carbocycles. The monoisotopic (exact) mass is 815 g/mol. The molecule has 0 aromatic heterocycles. The average molecular weight is 815 g/mol. The van der Waals surface area contributed by atoms with Gasteiger partial charge >= 0.3 is 0 Å². The van der Waals surface area contributed by atoms with Gasteiger partial charge in [-0.25, -0.2) is 0 Å². The molecule has 5 atom stereocenters. The van der Waals surface area contributed by atoms with E-state index in [4.69, 9.17) is 0 Å². The third-order valence-electron chi connectivity index (χ3n) is 13.6. The highest BCUT2D eigenvalue weighted by Crippen LogP contribution is 2.57. The quantitative estimate of drug-likeness (QED) is 0.123. The van der Waals surface area contributed by atoms with Crippen LogP contribution in [0.1, 0.15) is 165 Å². The van der Waals surface area contributed by atoms with Gasteiger partial charge in [0.2, 0.25) is 0 Å². The predicted octanol–water partition coefficient (Wildman–Crippen LogP) is 17.8. The van der Waals surface area contributed by atoms with Crippen LogP contribution in [0.5, 0.6) is 0 Å². The molecule has 2 heteroatoms. The topological polar surface area (TPSA) is 6.48 Å². The predicted molar refractivity (Wildman–Crippen MR) is 269 cm³/mol. The van der Waals surface area contributed by atoms with Crippen molar-refractivity contribution in [3.8, 4) is 11.1 Å². The number of benzene rings is 5. The highest BCUT2D eigenvalue weighted by molar-refractivity contribution is 5.85. The van der Waals surface area contributed by atoms with Crippen molar-refractivity contribution < 1.29 is 0 Å². The number of aryl methyl sites for hydroxylation is 5. The van der Waals surface area contributed by atoms with Crippen LogP contribution in [0, 0.1) is 25.7 Å². The summed E-state index contributed by atoms with van der Waals surface area (Å²) in [5, 5.41) is 0. The van der Waals surface area contributed by atoms with Gasteiger partial charge in [-0.15, -0.1) is 0 Å². The zero-order chi connectivity index (χ0) is 43.8. The molecule has 0 N–H and O–H groups in total. The maximum Gasteiger partial charge on any atom is 0.0574 e. The van der Waals surface area contributed by atoms with Gasteiger partial charge in [0.1, 0.15) is 0 Å². The summed E-state index contributed by atoms with van der Waals surface area (Å²) in [7, 11) is 0. The smallest absolute Gasteiger partial charge is 0.0574 e. The molecule has 1 fully saturated rings. The van der Waals surface area contributed by atoms with Gasteiger partial charge in [0, 0.05) is 22.7 Å². The molecule has 3 aliphatic carbocycles. The van der Waals surface area contributed by atoms with Crippen LogP contribution in [0.25, 0.3) is 11.1 Å². The summed E-state index contributed by atoms with van der Waals surface area (Å²) in [5.74, 6) is 2.26. The molecule has 3 aliphatic rings. The van der Waals surface area contributed by atoms with Crippen LogP contribution in [0.15, 0.2) is 109 Å². The lowest BCUT2D eigenvalue weighted by Gasteiger charge is -2.42. The molecule has 5 aromatic rings. The van der Waals surface area contributed by atoms with Gasteiger partial charge < -0.3 is 9.80 Å². The van der Waals surface area contributed by atoms with Crippen LogP contribution in [-0.4, -0.2) is 6.04 Å². The Kier molecular flexibility index (Phi) is 15.8. The zero-order valence-corrected chi connectivity index (χ0v) is 40.2. The van der Waals surface area contributed by atoms with Crippen molar-refractivity contribution in [3.05, 3.63) is 148 Å². The average Bonchev–Trinajstić information content (AvgIpc) is 3.77. The molecule has 8 rings (SSSR count). The Labute approximate surface area is 372 Å². The fourth-order valence-corrected chi connectivity index (χ4v) is 11.0. The van der Waals surface area contributed by atoms with Crippen LogP contribution in [0.3, 0.4) is 0 Å². The van der Waals surface area contributed by atoms with E-state index in [2.05, 4.69) is 182 Å². The maximum absolute atomic E-state index is 2.69. The van der Waals surface area contributed by atoms with Gasteiger partial charge in [0.15, 0.2) is 0 Å². The van der Waals surface area contributed by atoms with E-state index in [0.29, 0.717) is 29.7 Å². The minimum atomic E-state index is 0.347. The second-order valence-corrected chi connectivity index (χ2v) is 18.4. The van der Waals surface area contributed by atoms with Gasteiger partial charge in [-0.1, -0.05) is 142 Å². The first-order valence-corrected chi connectivity index (χ1v) is 24.4. The Hall–Kier alpha value is -4.56. The second-order valence-electron chi connectivity index (χ2n) is 18.4. The molecule has 0 saturated heterocycles. The van der Waals surface area contributed by atoms with Crippen molar-refractivity contribution in [3.63, 3.8) is 0 Å². The molecule has 0 aliphatic heterocycles. The zero-order valence-electron chi connectivity index (χ0n) is 40.2. The fraction of sp³-hybridized carbons (Fsp3) is 0.458. The normalized spacial score (nSPS) is 19.9. The number of anilines is 5. The number of allylic oxidation sites excluding steroid dienone is 1. The number of rotatable bonds is 11. The van der Waals surface area contributed by atoms with Crippen LogP contribution in [0.4, 0.5) is 28.4 Å². The molecular formula is C59H78N2. The van der Waals surface area contributed by atoms with Crippen molar-refractivity contribution in [1.82, 2.24) is 0 Å². The Morgan fingerprint density at radius 1 is 0.574 bits per heavy atom. The van der Waals surface area contributed by atoms with Crippen LogP contribution < -0.4 is 9.80 Å². The first-order chi connectivity index (χ1) is 29.6. The van der Waals surface area contributed by atoms with Crippen molar-refractivity contribution in [1.29, 1.82) is 0 Å². The fourth-order valence-electron chi connectivity index (χ4n) is 11.0. The van der Waals surface area contributed by atoms with Gasteiger partial charge in [0.25, 0.3) is 0 Å². The van der Waals surface area contributed by atoms with E-state index in [1.165, 1.54) is 123 Å². The standard InChI is InChI=1S/C54H64N2.C3H8.C2H6/c1-9-12-14-42-31-38(7)54(39(8)32-42)56(44-23-19-41(11-3)20-24-44)46-26-28-50-49-27-25-45(33-51(49)47-15-13-16-48(47)52(50)34-46)55(43-21-17-40(10-2)18-22-43)53-36(5)29-35(4)30-37(53)6;1-3-2;1-2/h17-29,31-35,37,47-48,53H,9-16,30H2,1-8H3;3H2,1-2H3;1-2H3. The number of unbranched alkanes of at least 4 members (excludes halogenated alkanes) is 1. The molecule has 0 bridgehead atoms. The number of fused-ring (bicyclic) bond motifs is 6. The second kappa shape index (κ2) is 21.0. The summed E-state index contributed by atoms with van der Waals surface area (Å²) in [4.78, 5) is 5.24. The van der Waals surface area contributed by atoms with Gasteiger partial charge in [-0.05, 0) is 188 Å². The number of nitrogens with zero attached hydrogens (tertiary/aromatic N) is 2. The molecule has 0 amide bonds. The summed E-state index contributed by atoms with van der Waals surface area (Å²) in [6.07, 6.45) is 14.5.